The summed E-state index contributed by atoms with van der Waals surface area (Å²) in [5, 5.41) is 33.1. The molecule has 248 valence electrons. The Kier molecular flexibility index (Phi) is 31.8. The van der Waals surface area contributed by atoms with Gasteiger partial charge in [0.25, 0.3) is 0 Å². The van der Waals surface area contributed by atoms with Crippen molar-refractivity contribution >= 4 is 5.91 Å². The molecule has 0 saturated carbocycles. The van der Waals surface area contributed by atoms with Crippen molar-refractivity contribution in [1.29, 1.82) is 0 Å². The molecule has 0 spiro atoms. The molecule has 0 aliphatic heterocycles. The Morgan fingerprint density at radius 1 is 0.571 bits per heavy atom. The number of allylic oxidation sites excluding steroid dienone is 4. The van der Waals surface area contributed by atoms with Crippen LogP contribution in [0.2, 0.25) is 0 Å². The van der Waals surface area contributed by atoms with Crippen LogP contribution in [0.3, 0.4) is 0 Å². The van der Waals surface area contributed by atoms with E-state index in [1.54, 1.807) is 0 Å². The van der Waals surface area contributed by atoms with Gasteiger partial charge in [-0.05, 0) is 38.5 Å². The molecule has 0 bridgehead atoms. The lowest BCUT2D eigenvalue weighted by molar-refractivity contribution is -0.131. The number of aliphatic hydroxyl groups is 3. The highest BCUT2D eigenvalue weighted by molar-refractivity contribution is 5.80. The van der Waals surface area contributed by atoms with Gasteiger partial charge in [0, 0.05) is 0 Å². The van der Waals surface area contributed by atoms with E-state index in [-0.39, 0.29) is 6.61 Å². The lowest BCUT2D eigenvalue weighted by Gasteiger charge is -2.23. The van der Waals surface area contributed by atoms with Crippen molar-refractivity contribution in [2.24, 2.45) is 0 Å². The van der Waals surface area contributed by atoms with Crippen LogP contribution in [0.25, 0.3) is 0 Å². The standard InChI is InChI=1S/C37H71NO4/c1-3-5-7-9-11-13-15-17-19-21-23-25-27-29-31-35(40)34(33-39)38-37(42)36(41)32-30-28-26-24-22-20-18-16-14-12-10-8-6-4-2/h12,14,16,18,34-36,39-41H,3-11,13,15,17,19-33H2,1-2H3,(H,38,42)/b14-12-,18-16-. The van der Waals surface area contributed by atoms with Crippen LogP contribution in [0, 0.1) is 0 Å². The number of carbonyl (C=O) groups is 1. The Morgan fingerprint density at radius 3 is 1.43 bits per heavy atom. The quantitative estimate of drug-likeness (QED) is 0.0462. The van der Waals surface area contributed by atoms with Gasteiger partial charge in [0.05, 0.1) is 18.8 Å². The van der Waals surface area contributed by atoms with Gasteiger partial charge in [0.15, 0.2) is 0 Å². The number of carbonyl (C=O) groups excluding carboxylic acids is 1. The van der Waals surface area contributed by atoms with Gasteiger partial charge in [-0.25, -0.2) is 0 Å². The fourth-order valence-electron chi connectivity index (χ4n) is 5.41. The maximum absolute atomic E-state index is 12.4. The van der Waals surface area contributed by atoms with Gasteiger partial charge < -0.3 is 20.6 Å². The summed E-state index contributed by atoms with van der Waals surface area (Å²) in [6.07, 6.45) is 37.2. The summed E-state index contributed by atoms with van der Waals surface area (Å²) in [5.41, 5.74) is 0. The summed E-state index contributed by atoms with van der Waals surface area (Å²) in [7, 11) is 0. The lowest BCUT2D eigenvalue weighted by atomic mass is 10.0. The number of nitrogens with one attached hydrogen (secondary N) is 1. The van der Waals surface area contributed by atoms with Crippen molar-refractivity contribution < 1.29 is 20.1 Å². The van der Waals surface area contributed by atoms with E-state index in [1.165, 1.54) is 109 Å². The molecule has 0 heterocycles. The van der Waals surface area contributed by atoms with E-state index >= 15 is 0 Å². The van der Waals surface area contributed by atoms with Crippen LogP contribution in [0.4, 0.5) is 0 Å². The van der Waals surface area contributed by atoms with Crippen molar-refractivity contribution in [3.63, 3.8) is 0 Å². The molecule has 42 heavy (non-hydrogen) atoms. The number of hydrogen-bond acceptors (Lipinski definition) is 4. The highest BCUT2D eigenvalue weighted by Crippen LogP contribution is 2.15. The van der Waals surface area contributed by atoms with Crippen LogP contribution in [0.15, 0.2) is 24.3 Å². The third-order valence-corrected chi connectivity index (χ3v) is 8.35. The molecule has 0 rings (SSSR count). The molecule has 4 N–H and O–H groups in total. The van der Waals surface area contributed by atoms with E-state index in [0.717, 1.165) is 44.9 Å². The zero-order chi connectivity index (χ0) is 30.9. The number of amides is 1. The van der Waals surface area contributed by atoms with E-state index in [1.807, 2.05) is 0 Å². The third-order valence-electron chi connectivity index (χ3n) is 8.35. The Hall–Kier alpha value is -1.17. The van der Waals surface area contributed by atoms with E-state index in [9.17, 15) is 20.1 Å². The summed E-state index contributed by atoms with van der Waals surface area (Å²) in [5.74, 6) is -0.484. The van der Waals surface area contributed by atoms with Crippen molar-refractivity contribution in [3.05, 3.63) is 24.3 Å². The number of aliphatic hydroxyl groups excluding tert-OH is 3. The monoisotopic (exact) mass is 594 g/mol. The Balaban J connectivity index is 3.73. The van der Waals surface area contributed by atoms with Gasteiger partial charge in [-0.15, -0.1) is 0 Å². The first-order valence-corrected chi connectivity index (χ1v) is 18.2. The molecule has 3 unspecified atom stereocenters. The summed E-state index contributed by atoms with van der Waals surface area (Å²) in [6.45, 7) is 4.17. The number of hydrogen-bond donors (Lipinski definition) is 4. The predicted octanol–water partition coefficient (Wildman–Crippen LogP) is 9.48. The summed E-state index contributed by atoms with van der Waals surface area (Å²) < 4.78 is 0. The Bertz CT molecular complexity index is 621. The maximum atomic E-state index is 12.4. The molecule has 0 aliphatic carbocycles. The Labute approximate surface area is 261 Å². The molecule has 0 aromatic carbocycles. The van der Waals surface area contributed by atoms with E-state index in [2.05, 4.69) is 43.5 Å². The number of rotatable bonds is 32. The fraction of sp³-hybridized carbons (Fsp3) is 0.865. The van der Waals surface area contributed by atoms with Gasteiger partial charge in [-0.1, -0.05) is 167 Å². The third kappa shape index (κ3) is 27.7. The van der Waals surface area contributed by atoms with Gasteiger partial charge in [0.2, 0.25) is 5.91 Å². The first kappa shape index (κ1) is 40.8. The molecule has 1 amide bonds. The van der Waals surface area contributed by atoms with E-state index in [0.29, 0.717) is 12.8 Å². The fourth-order valence-corrected chi connectivity index (χ4v) is 5.41. The van der Waals surface area contributed by atoms with Crippen molar-refractivity contribution in [2.75, 3.05) is 6.61 Å². The molecule has 3 atom stereocenters. The SMILES string of the molecule is CCCCC/C=C\C=C/CCCCCCCC(O)C(=O)NC(CO)C(O)CCCCCCCCCCCCCCCC. The van der Waals surface area contributed by atoms with Gasteiger partial charge >= 0.3 is 0 Å². The minimum absolute atomic E-state index is 0.318. The average Bonchev–Trinajstić information content (AvgIpc) is 2.99. The molecule has 0 saturated heterocycles. The Morgan fingerprint density at radius 2 is 0.952 bits per heavy atom. The van der Waals surface area contributed by atoms with E-state index < -0.39 is 24.2 Å². The minimum Gasteiger partial charge on any atom is -0.394 e. The van der Waals surface area contributed by atoms with Crippen LogP contribution in [0.1, 0.15) is 181 Å². The molecule has 5 heteroatoms. The van der Waals surface area contributed by atoms with Crippen LogP contribution in [0.5, 0.6) is 0 Å². The molecular weight excluding hydrogens is 522 g/mol. The zero-order valence-corrected chi connectivity index (χ0v) is 27.9. The summed E-state index contributed by atoms with van der Waals surface area (Å²) in [4.78, 5) is 12.4. The van der Waals surface area contributed by atoms with Crippen LogP contribution < -0.4 is 5.32 Å². The molecule has 0 aromatic rings. The lowest BCUT2D eigenvalue weighted by Crippen LogP contribution is -2.49. The average molecular weight is 594 g/mol. The highest BCUT2D eigenvalue weighted by atomic mass is 16.3. The highest BCUT2D eigenvalue weighted by Gasteiger charge is 2.23. The second-order valence-electron chi connectivity index (χ2n) is 12.5. The molecule has 5 nitrogen and oxygen atoms in total. The minimum atomic E-state index is -1.08. The first-order valence-electron chi connectivity index (χ1n) is 18.2. The molecule has 0 aromatic heterocycles. The van der Waals surface area contributed by atoms with Crippen molar-refractivity contribution in [3.8, 4) is 0 Å². The van der Waals surface area contributed by atoms with Crippen LogP contribution >= 0.6 is 0 Å². The molecule has 0 aliphatic rings. The van der Waals surface area contributed by atoms with E-state index in [4.69, 9.17) is 0 Å². The molecule has 0 fully saturated rings. The zero-order valence-electron chi connectivity index (χ0n) is 27.9. The summed E-state index contributed by atoms with van der Waals surface area (Å²) >= 11 is 0. The van der Waals surface area contributed by atoms with Crippen LogP contribution in [-0.2, 0) is 4.79 Å². The van der Waals surface area contributed by atoms with Gasteiger partial charge in [-0.3, -0.25) is 4.79 Å². The predicted molar refractivity (Wildman–Crippen MR) is 181 cm³/mol. The second kappa shape index (κ2) is 32.7. The van der Waals surface area contributed by atoms with Crippen molar-refractivity contribution in [2.45, 2.75) is 199 Å². The topological polar surface area (TPSA) is 89.8 Å². The molecular formula is C37H71NO4. The number of unbranched alkanes of at least 4 members (excludes halogenated alkanes) is 21. The first-order chi connectivity index (χ1) is 20.6. The van der Waals surface area contributed by atoms with Gasteiger partial charge in [-0.2, -0.15) is 0 Å². The normalized spacial score (nSPS) is 14.1. The second-order valence-corrected chi connectivity index (χ2v) is 12.5. The van der Waals surface area contributed by atoms with Crippen LogP contribution in [-0.4, -0.2) is 46.1 Å². The maximum Gasteiger partial charge on any atom is 0.249 e. The summed E-state index contributed by atoms with van der Waals surface area (Å²) in [6, 6.07) is -0.714. The van der Waals surface area contributed by atoms with Crippen molar-refractivity contribution in [1.82, 2.24) is 5.32 Å². The molecule has 0 radical (unpaired) electrons. The van der Waals surface area contributed by atoms with Gasteiger partial charge in [0.1, 0.15) is 6.10 Å². The largest absolute Gasteiger partial charge is 0.394 e. The smallest absolute Gasteiger partial charge is 0.249 e.